The Balaban J connectivity index is 1.31. The minimum atomic E-state index is 0.952. The first kappa shape index (κ1) is 29.1. The van der Waals surface area contributed by atoms with Gasteiger partial charge in [0, 0.05) is 38.8 Å². The SMILES string of the molecule is c1ccc(NC2=c3c4ccc5c6cc(-c7ccccc7)cc7ccc(Nc8ccccc8)c(c76)c5c4c4ccc(-c5ccccc5)c(c34)CC2)cc1. The quantitative estimate of drug-likeness (QED) is 0.185. The number of hydrogen-bond donors (Lipinski definition) is 2. The second-order valence-electron chi connectivity index (χ2n) is 14.1. The van der Waals surface area contributed by atoms with E-state index >= 15 is 0 Å². The van der Waals surface area contributed by atoms with Crippen LogP contribution in [0.2, 0.25) is 0 Å². The van der Waals surface area contributed by atoms with E-state index in [1.807, 2.05) is 0 Å². The van der Waals surface area contributed by atoms with Gasteiger partial charge >= 0.3 is 0 Å². The lowest BCUT2D eigenvalue weighted by atomic mass is 9.88. The summed E-state index contributed by atoms with van der Waals surface area (Å²) in [6.45, 7) is 0. The van der Waals surface area contributed by atoms with Crippen molar-refractivity contribution in [3.05, 3.63) is 181 Å². The minimum absolute atomic E-state index is 0.952. The molecular weight excluding hydrogens is 629 g/mol. The summed E-state index contributed by atoms with van der Waals surface area (Å²) in [6.07, 6.45) is 1.94. The topological polar surface area (TPSA) is 24.1 Å². The highest BCUT2D eigenvalue weighted by Gasteiger charge is 2.26. The number of anilines is 3. The average Bonchev–Trinajstić information content (AvgIpc) is 3.73. The van der Waals surface area contributed by atoms with Crippen LogP contribution in [0.4, 0.5) is 17.1 Å². The predicted octanol–water partition coefficient (Wildman–Crippen LogP) is 12.9. The van der Waals surface area contributed by atoms with Crippen molar-refractivity contribution in [3.63, 3.8) is 0 Å². The first-order valence-corrected chi connectivity index (χ1v) is 18.2. The molecule has 0 radical (unpaired) electrons. The fourth-order valence-electron chi connectivity index (χ4n) is 9.02. The molecule has 0 aromatic heterocycles. The average molecular weight is 663 g/mol. The van der Waals surface area contributed by atoms with E-state index in [1.54, 1.807) is 0 Å². The Hall–Kier alpha value is -6.64. The Morgan fingerprint density at radius 1 is 0.365 bits per heavy atom. The van der Waals surface area contributed by atoms with E-state index < -0.39 is 0 Å². The first-order chi connectivity index (χ1) is 25.8. The van der Waals surface area contributed by atoms with Crippen LogP contribution in [0.5, 0.6) is 0 Å². The zero-order valence-electron chi connectivity index (χ0n) is 28.6. The lowest BCUT2D eigenvalue weighted by Crippen LogP contribution is -2.18. The molecule has 244 valence electrons. The second-order valence-corrected chi connectivity index (χ2v) is 14.1. The minimum Gasteiger partial charge on any atom is -0.358 e. The van der Waals surface area contributed by atoms with Crippen LogP contribution in [0.25, 0.3) is 81.8 Å². The van der Waals surface area contributed by atoms with Gasteiger partial charge < -0.3 is 10.6 Å². The fourth-order valence-corrected chi connectivity index (χ4v) is 9.02. The largest absolute Gasteiger partial charge is 0.358 e. The summed E-state index contributed by atoms with van der Waals surface area (Å²) in [4.78, 5) is 0. The van der Waals surface area contributed by atoms with E-state index in [1.165, 1.54) is 92.6 Å². The highest BCUT2D eigenvalue weighted by atomic mass is 14.9. The number of hydrogen-bond acceptors (Lipinski definition) is 2. The number of benzene rings is 8. The molecule has 0 amide bonds. The van der Waals surface area contributed by atoms with Crippen molar-refractivity contribution in [1.82, 2.24) is 0 Å². The van der Waals surface area contributed by atoms with Crippen LogP contribution < -0.4 is 15.9 Å². The summed E-state index contributed by atoms with van der Waals surface area (Å²) in [6, 6.07) is 61.9. The van der Waals surface area contributed by atoms with Gasteiger partial charge in [-0.05, 0) is 126 Å². The zero-order valence-corrected chi connectivity index (χ0v) is 28.6. The van der Waals surface area contributed by atoms with Crippen LogP contribution in [0.15, 0.2) is 170 Å². The summed E-state index contributed by atoms with van der Waals surface area (Å²) in [7, 11) is 0. The molecule has 0 saturated heterocycles. The molecule has 1 aliphatic rings. The van der Waals surface area contributed by atoms with Crippen LogP contribution in [-0.2, 0) is 6.42 Å². The molecule has 0 spiro atoms. The van der Waals surface area contributed by atoms with Crippen LogP contribution in [-0.4, -0.2) is 0 Å². The Morgan fingerprint density at radius 3 is 1.73 bits per heavy atom. The summed E-state index contributed by atoms with van der Waals surface area (Å²) < 4.78 is 0. The van der Waals surface area contributed by atoms with Crippen LogP contribution >= 0.6 is 0 Å². The van der Waals surface area contributed by atoms with E-state index in [4.69, 9.17) is 0 Å². The molecule has 11 rings (SSSR count). The van der Waals surface area contributed by atoms with Crippen molar-refractivity contribution < 1.29 is 0 Å². The molecule has 0 atom stereocenters. The van der Waals surface area contributed by atoms with Crippen molar-refractivity contribution in [1.29, 1.82) is 0 Å². The van der Waals surface area contributed by atoms with E-state index in [-0.39, 0.29) is 0 Å². The van der Waals surface area contributed by atoms with Gasteiger partial charge in [0.2, 0.25) is 0 Å². The number of nitrogens with one attached hydrogen (secondary N) is 2. The molecule has 0 unspecified atom stereocenters. The van der Waals surface area contributed by atoms with Gasteiger partial charge in [-0.2, -0.15) is 0 Å². The molecule has 0 fully saturated rings. The second kappa shape index (κ2) is 11.4. The van der Waals surface area contributed by atoms with E-state index in [2.05, 4.69) is 180 Å². The number of aryl methyl sites for hydroxylation is 1. The summed E-state index contributed by atoms with van der Waals surface area (Å²) >= 11 is 0. The third-order valence-electron chi connectivity index (χ3n) is 11.2. The molecule has 0 saturated carbocycles. The van der Waals surface area contributed by atoms with Crippen LogP contribution in [0, 0.1) is 0 Å². The Labute approximate surface area is 302 Å². The van der Waals surface area contributed by atoms with Crippen molar-refractivity contribution in [2.45, 2.75) is 12.8 Å². The lowest BCUT2D eigenvalue weighted by molar-refractivity contribution is 1.01. The molecule has 10 aromatic carbocycles. The molecular formula is C50H34N2. The van der Waals surface area contributed by atoms with E-state index in [9.17, 15) is 0 Å². The zero-order chi connectivity index (χ0) is 34.2. The van der Waals surface area contributed by atoms with Gasteiger partial charge in [0.25, 0.3) is 0 Å². The summed E-state index contributed by atoms with van der Waals surface area (Å²) in [5, 5.41) is 22.3. The first-order valence-electron chi connectivity index (χ1n) is 18.2. The third kappa shape index (κ3) is 4.37. The van der Waals surface area contributed by atoms with Gasteiger partial charge in [-0.3, -0.25) is 0 Å². The third-order valence-corrected chi connectivity index (χ3v) is 11.2. The van der Waals surface area contributed by atoms with Gasteiger partial charge in [-0.1, -0.05) is 127 Å². The van der Waals surface area contributed by atoms with Crippen molar-refractivity contribution in [2.24, 2.45) is 0 Å². The summed E-state index contributed by atoms with van der Waals surface area (Å²) in [5.41, 5.74) is 11.2. The lowest BCUT2D eigenvalue weighted by Gasteiger charge is -2.20. The predicted molar refractivity (Wildman–Crippen MR) is 223 cm³/mol. The fraction of sp³-hybridized carbons (Fsp3) is 0.0400. The van der Waals surface area contributed by atoms with Gasteiger partial charge in [-0.25, -0.2) is 0 Å². The molecule has 10 aromatic rings. The molecule has 0 bridgehead atoms. The Morgan fingerprint density at radius 2 is 1.00 bits per heavy atom. The van der Waals surface area contributed by atoms with E-state index in [0.717, 1.165) is 29.9 Å². The maximum Gasteiger partial charge on any atom is 0.0471 e. The maximum atomic E-state index is 3.90. The molecule has 2 N–H and O–H groups in total. The highest BCUT2D eigenvalue weighted by molar-refractivity contribution is 6.42. The smallest absolute Gasteiger partial charge is 0.0471 e. The molecule has 52 heavy (non-hydrogen) atoms. The van der Waals surface area contributed by atoms with Crippen molar-refractivity contribution >= 4 is 76.6 Å². The van der Waals surface area contributed by atoms with Gasteiger partial charge in [-0.15, -0.1) is 0 Å². The molecule has 2 heteroatoms. The van der Waals surface area contributed by atoms with Crippen molar-refractivity contribution in [2.75, 3.05) is 10.6 Å². The van der Waals surface area contributed by atoms with Gasteiger partial charge in [0.05, 0.1) is 0 Å². The Bertz CT molecular complexity index is 3020. The maximum absolute atomic E-state index is 3.90. The monoisotopic (exact) mass is 662 g/mol. The van der Waals surface area contributed by atoms with Crippen molar-refractivity contribution in [3.8, 4) is 22.3 Å². The number of rotatable bonds is 6. The Kier molecular flexibility index (Phi) is 6.41. The molecule has 1 aliphatic carbocycles. The molecule has 0 aliphatic heterocycles. The van der Waals surface area contributed by atoms with Gasteiger partial charge in [0.15, 0.2) is 0 Å². The molecule has 0 heterocycles. The summed E-state index contributed by atoms with van der Waals surface area (Å²) in [5.74, 6) is 0. The number of fused-ring (bicyclic) bond motifs is 7. The van der Waals surface area contributed by atoms with Gasteiger partial charge in [0.1, 0.15) is 0 Å². The standard InChI is InChI=1S/C50H34N2/c1-5-13-31(14-6-1)34-29-33-21-27-44(52-36-19-11-4-12-20-36)50-45(33)42(30-34)39-23-25-41-47(49(39)50)40-24-22-37(32-15-7-2-8-16-32)38-26-28-43(48(41)46(38)40)51-35-17-9-3-10-18-35/h1-25,27,29-30,51-52H,26,28H2. The molecule has 2 nitrogen and oxygen atoms in total. The van der Waals surface area contributed by atoms with Crippen LogP contribution in [0.3, 0.4) is 0 Å². The van der Waals surface area contributed by atoms with E-state index in [0.29, 0.717) is 0 Å². The highest BCUT2D eigenvalue weighted by Crippen LogP contribution is 2.49. The van der Waals surface area contributed by atoms with Crippen LogP contribution in [0.1, 0.15) is 12.0 Å². The number of para-hydroxylation sites is 2. The normalized spacial score (nSPS) is 12.8.